The van der Waals surface area contributed by atoms with Gasteiger partial charge in [0.05, 0.1) is 24.0 Å². The number of benzene rings is 1. The molecule has 2 amide bonds. The fourth-order valence-electron chi connectivity index (χ4n) is 2.56. The van der Waals surface area contributed by atoms with E-state index in [0.29, 0.717) is 30.9 Å². The maximum Gasteiger partial charge on any atom is 0.233 e. The van der Waals surface area contributed by atoms with E-state index in [-0.39, 0.29) is 23.7 Å². The van der Waals surface area contributed by atoms with Crippen LogP contribution in [0.2, 0.25) is 0 Å². The Morgan fingerprint density at radius 3 is 2.65 bits per heavy atom. The monoisotopic (exact) mass is 270 g/mol. The minimum atomic E-state index is -0.0391. The van der Waals surface area contributed by atoms with Gasteiger partial charge in [-0.1, -0.05) is 12.1 Å². The lowest BCUT2D eigenvalue weighted by Gasteiger charge is -2.16. The standard InChI is InChI=1S/C15H14N2O3/c16-9-10-4-1-2-5-13(10)20-7-3-6-17-14(18)11-8-12(11)15(17)19/h1-2,4-5,11-12H,3,6-8H2. The fraction of sp³-hybridized carbons (Fsp3) is 0.400. The van der Waals surface area contributed by atoms with Gasteiger partial charge in [0.1, 0.15) is 11.8 Å². The number of fused-ring (bicyclic) bond motifs is 1. The van der Waals surface area contributed by atoms with Crippen molar-refractivity contribution < 1.29 is 14.3 Å². The minimum absolute atomic E-state index is 0.0302. The molecule has 2 unspecified atom stereocenters. The zero-order valence-corrected chi connectivity index (χ0v) is 10.9. The summed E-state index contributed by atoms with van der Waals surface area (Å²) in [6.07, 6.45) is 1.32. The first-order valence-electron chi connectivity index (χ1n) is 6.69. The van der Waals surface area contributed by atoms with Crippen LogP contribution in [0.4, 0.5) is 0 Å². The van der Waals surface area contributed by atoms with E-state index in [2.05, 4.69) is 6.07 Å². The van der Waals surface area contributed by atoms with Gasteiger partial charge in [-0.2, -0.15) is 5.26 Å². The Morgan fingerprint density at radius 1 is 1.25 bits per heavy atom. The molecular formula is C15H14N2O3. The van der Waals surface area contributed by atoms with Crippen LogP contribution in [0.3, 0.4) is 0 Å². The Kier molecular flexibility index (Phi) is 3.15. The van der Waals surface area contributed by atoms with Gasteiger partial charge in [-0.25, -0.2) is 0 Å². The molecule has 1 aliphatic heterocycles. The molecule has 102 valence electrons. The number of hydrogen-bond donors (Lipinski definition) is 0. The highest BCUT2D eigenvalue weighted by Gasteiger charge is 2.58. The molecule has 0 aromatic heterocycles. The average molecular weight is 270 g/mol. The number of rotatable bonds is 5. The first-order chi connectivity index (χ1) is 9.72. The number of amides is 2. The number of carbonyl (C=O) groups is 2. The van der Waals surface area contributed by atoms with Crippen molar-refractivity contribution in [2.75, 3.05) is 13.2 Å². The van der Waals surface area contributed by atoms with E-state index in [4.69, 9.17) is 10.00 Å². The highest BCUT2D eigenvalue weighted by molar-refractivity contribution is 6.08. The third-order valence-corrected chi connectivity index (χ3v) is 3.75. The van der Waals surface area contributed by atoms with Crippen molar-refractivity contribution in [1.29, 1.82) is 5.26 Å². The summed E-state index contributed by atoms with van der Waals surface area (Å²) in [5.41, 5.74) is 0.488. The molecule has 20 heavy (non-hydrogen) atoms. The van der Waals surface area contributed by atoms with Crippen molar-refractivity contribution in [3.05, 3.63) is 29.8 Å². The zero-order valence-electron chi connectivity index (χ0n) is 10.9. The number of piperidine rings is 1. The highest BCUT2D eigenvalue weighted by Crippen LogP contribution is 2.46. The number of carbonyl (C=O) groups excluding carboxylic acids is 2. The van der Waals surface area contributed by atoms with Crippen LogP contribution in [0.25, 0.3) is 0 Å². The quantitative estimate of drug-likeness (QED) is 0.598. The van der Waals surface area contributed by atoms with E-state index in [1.807, 2.05) is 0 Å². The van der Waals surface area contributed by atoms with Gasteiger partial charge in [0.2, 0.25) is 11.8 Å². The van der Waals surface area contributed by atoms with E-state index in [9.17, 15) is 9.59 Å². The van der Waals surface area contributed by atoms with Crippen molar-refractivity contribution in [3.8, 4) is 11.8 Å². The number of hydrogen-bond acceptors (Lipinski definition) is 4. The summed E-state index contributed by atoms with van der Waals surface area (Å²) in [4.78, 5) is 24.8. The van der Waals surface area contributed by atoms with Crippen LogP contribution in [-0.4, -0.2) is 29.9 Å². The van der Waals surface area contributed by atoms with E-state index < -0.39 is 0 Å². The Labute approximate surface area is 116 Å². The maximum atomic E-state index is 11.7. The van der Waals surface area contributed by atoms with Crippen LogP contribution in [0.15, 0.2) is 24.3 Å². The number of nitriles is 1. The summed E-state index contributed by atoms with van der Waals surface area (Å²) >= 11 is 0. The molecule has 0 N–H and O–H groups in total. The molecule has 5 nitrogen and oxygen atoms in total. The van der Waals surface area contributed by atoms with E-state index in [1.54, 1.807) is 24.3 Å². The normalized spacial score (nSPS) is 23.4. The second-order valence-corrected chi connectivity index (χ2v) is 5.09. The predicted molar refractivity (Wildman–Crippen MR) is 69.6 cm³/mol. The Morgan fingerprint density at radius 2 is 1.95 bits per heavy atom. The molecule has 5 heteroatoms. The molecule has 0 bridgehead atoms. The first-order valence-corrected chi connectivity index (χ1v) is 6.69. The molecule has 0 radical (unpaired) electrons. The summed E-state index contributed by atoms with van der Waals surface area (Å²) in [6.45, 7) is 0.782. The molecule has 0 spiro atoms. The number of nitrogens with zero attached hydrogens (tertiary/aromatic N) is 2. The summed E-state index contributed by atoms with van der Waals surface area (Å²) in [6, 6.07) is 9.07. The van der Waals surface area contributed by atoms with Gasteiger partial charge in [0.15, 0.2) is 0 Å². The largest absolute Gasteiger partial charge is 0.492 e. The SMILES string of the molecule is N#Cc1ccccc1OCCCN1C(=O)C2CC2C1=O. The second-order valence-electron chi connectivity index (χ2n) is 5.09. The van der Waals surface area contributed by atoms with Crippen LogP contribution in [0.1, 0.15) is 18.4 Å². The second kappa shape index (κ2) is 4.97. The molecule has 2 atom stereocenters. The lowest BCUT2D eigenvalue weighted by atomic mass is 10.2. The Balaban J connectivity index is 1.48. The van der Waals surface area contributed by atoms with E-state index in [0.717, 1.165) is 6.42 Å². The molecule has 1 saturated heterocycles. The van der Waals surface area contributed by atoms with Gasteiger partial charge in [-0.15, -0.1) is 0 Å². The van der Waals surface area contributed by atoms with Gasteiger partial charge in [-0.05, 0) is 25.0 Å². The minimum Gasteiger partial charge on any atom is -0.492 e. The summed E-state index contributed by atoms with van der Waals surface area (Å²) in [5, 5.41) is 8.92. The van der Waals surface area contributed by atoms with E-state index >= 15 is 0 Å². The summed E-state index contributed by atoms with van der Waals surface area (Å²) < 4.78 is 5.52. The molecule has 1 aromatic carbocycles. The number of imide groups is 1. The van der Waals surface area contributed by atoms with Crippen LogP contribution >= 0.6 is 0 Å². The molecule has 2 fully saturated rings. The average Bonchev–Trinajstić information content (AvgIpc) is 3.22. The Bertz CT molecular complexity index is 585. The van der Waals surface area contributed by atoms with Gasteiger partial charge in [-0.3, -0.25) is 14.5 Å². The van der Waals surface area contributed by atoms with Crippen molar-refractivity contribution in [2.45, 2.75) is 12.8 Å². The van der Waals surface area contributed by atoms with Gasteiger partial charge < -0.3 is 4.74 Å². The van der Waals surface area contributed by atoms with Crippen molar-refractivity contribution in [3.63, 3.8) is 0 Å². The lowest BCUT2D eigenvalue weighted by molar-refractivity contribution is -0.141. The van der Waals surface area contributed by atoms with Crippen LogP contribution in [0, 0.1) is 23.2 Å². The molecule has 1 saturated carbocycles. The summed E-state index contributed by atoms with van der Waals surface area (Å²) in [5.74, 6) is 0.400. The fourth-order valence-corrected chi connectivity index (χ4v) is 2.56. The van der Waals surface area contributed by atoms with Crippen LogP contribution in [-0.2, 0) is 9.59 Å². The molecule has 2 aliphatic rings. The van der Waals surface area contributed by atoms with Gasteiger partial charge in [0.25, 0.3) is 0 Å². The maximum absolute atomic E-state index is 11.7. The molecule has 1 heterocycles. The van der Waals surface area contributed by atoms with Crippen LogP contribution in [0.5, 0.6) is 5.75 Å². The third-order valence-electron chi connectivity index (χ3n) is 3.75. The predicted octanol–water partition coefficient (Wildman–Crippen LogP) is 1.33. The molecule has 1 aromatic rings. The zero-order chi connectivity index (χ0) is 14.1. The third kappa shape index (κ3) is 2.14. The first kappa shape index (κ1) is 12.7. The van der Waals surface area contributed by atoms with Gasteiger partial charge >= 0.3 is 0 Å². The summed E-state index contributed by atoms with van der Waals surface area (Å²) in [7, 11) is 0. The molecular weight excluding hydrogens is 256 g/mol. The Hall–Kier alpha value is -2.35. The lowest BCUT2D eigenvalue weighted by Crippen LogP contribution is -2.34. The van der Waals surface area contributed by atoms with Crippen LogP contribution < -0.4 is 4.74 Å². The topological polar surface area (TPSA) is 70.4 Å². The van der Waals surface area contributed by atoms with Crippen molar-refractivity contribution in [2.24, 2.45) is 11.8 Å². The smallest absolute Gasteiger partial charge is 0.233 e. The number of ether oxygens (including phenoxy) is 1. The number of likely N-dealkylation sites (tertiary alicyclic amines) is 1. The highest BCUT2D eigenvalue weighted by atomic mass is 16.5. The van der Waals surface area contributed by atoms with Crippen molar-refractivity contribution >= 4 is 11.8 Å². The van der Waals surface area contributed by atoms with Gasteiger partial charge in [0, 0.05) is 6.54 Å². The van der Waals surface area contributed by atoms with E-state index in [1.165, 1.54) is 4.90 Å². The molecule has 3 rings (SSSR count). The number of para-hydroxylation sites is 1. The molecule has 1 aliphatic carbocycles. The van der Waals surface area contributed by atoms with Crippen molar-refractivity contribution in [1.82, 2.24) is 4.90 Å².